The molecule has 0 saturated heterocycles. The molecule has 2 N–H and O–H groups in total. The second kappa shape index (κ2) is 10.7. The zero-order valence-corrected chi connectivity index (χ0v) is 16.3. The number of nitrogens with one attached hydrogen (secondary N) is 2. The SMILES string of the molecule is O=C(CN(CC(=O)NCc1ccccc1)c1ccccc1)NCc1ccccc1. The van der Waals surface area contributed by atoms with E-state index in [1.807, 2.05) is 91.0 Å². The highest BCUT2D eigenvalue weighted by Gasteiger charge is 2.15. The summed E-state index contributed by atoms with van der Waals surface area (Å²) in [6.07, 6.45) is 0. The molecule has 148 valence electrons. The molecule has 0 unspecified atom stereocenters. The van der Waals surface area contributed by atoms with Crippen LogP contribution in [-0.2, 0) is 22.7 Å². The van der Waals surface area contributed by atoms with Crippen LogP contribution in [0.1, 0.15) is 11.1 Å². The summed E-state index contributed by atoms with van der Waals surface area (Å²) in [5.74, 6) is -0.262. The zero-order chi connectivity index (χ0) is 20.3. The fraction of sp³-hybridized carbons (Fsp3) is 0.167. The quantitative estimate of drug-likeness (QED) is 0.593. The van der Waals surface area contributed by atoms with E-state index in [-0.39, 0.29) is 24.9 Å². The molecule has 0 saturated carbocycles. The average molecular weight is 387 g/mol. The van der Waals surface area contributed by atoms with E-state index in [1.54, 1.807) is 4.90 Å². The molecule has 3 aromatic carbocycles. The maximum Gasteiger partial charge on any atom is 0.239 e. The van der Waals surface area contributed by atoms with Gasteiger partial charge in [0.1, 0.15) is 0 Å². The Bertz CT molecular complexity index is 842. The Morgan fingerprint density at radius 3 is 1.38 bits per heavy atom. The highest BCUT2D eigenvalue weighted by Crippen LogP contribution is 2.12. The second-order valence-electron chi connectivity index (χ2n) is 6.72. The van der Waals surface area contributed by atoms with Gasteiger partial charge in [0.15, 0.2) is 0 Å². The average Bonchev–Trinajstić information content (AvgIpc) is 2.78. The summed E-state index contributed by atoms with van der Waals surface area (Å²) in [5, 5.41) is 5.84. The van der Waals surface area contributed by atoms with Gasteiger partial charge in [-0.2, -0.15) is 0 Å². The Balaban J connectivity index is 1.57. The van der Waals surface area contributed by atoms with Crippen molar-refractivity contribution in [3.63, 3.8) is 0 Å². The summed E-state index contributed by atoms with van der Waals surface area (Å²) in [7, 11) is 0. The van der Waals surface area contributed by atoms with Crippen molar-refractivity contribution in [2.75, 3.05) is 18.0 Å². The minimum absolute atomic E-state index is 0.107. The lowest BCUT2D eigenvalue weighted by Crippen LogP contribution is -2.42. The second-order valence-corrected chi connectivity index (χ2v) is 6.72. The molecule has 2 amide bonds. The van der Waals surface area contributed by atoms with Crippen LogP contribution in [-0.4, -0.2) is 24.9 Å². The predicted molar refractivity (Wildman–Crippen MR) is 115 cm³/mol. The Hall–Kier alpha value is -3.60. The lowest BCUT2D eigenvalue weighted by atomic mass is 10.2. The normalized spacial score (nSPS) is 10.2. The van der Waals surface area contributed by atoms with E-state index in [0.717, 1.165) is 16.8 Å². The van der Waals surface area contributed by atoms with Gasteiger partial charge < -0.3 is 15.5 Å². The number of hydrogen-bond donors (Lipinski definition) is 2. The number of anilines is 1. The first kappa shape index (κ1) is 20.1. The van der Waals surface area contributed by atoms with E-state index in [2.05, 4.69) is 10.6 Å². The number of benzene rings is 3. The fourth-order valence-electron chi connectivity index (χ4n) is 2.93. The molecule has 3 aromatic rings. The van der Waals surface area contributed by atoms with Crippen LogP contribution < -0.4 is 15.5 Å². The highest BCUT2D eigenvalue weighted by molar-refractivity contribution is 5.86. The molecule has 0 aliphatic carbocycles. The third-order valence-corrected chi connectivity index (χ3v) is 4.46. The van der Waals surface area contributed by atoms with Gasteiger partial charge in [0.2, 0.25) is 11.8 Å². The molecule has 5 nitrogen and oxygen atoms in total. The summed E-state index contributed by atoms with van der Waals surface area (Å²) in [6, 6.07) is 29.0. The predicted octanol–water partition coefficient (Wildman–Crippen LogP) is 3.13. The topological polar surface area (TPSA) is 61.4 Å². The van der Waals surface area contributed by atoms with Crippen molar-refractivity contribution in [2.24, 2.45) is 0 Å². The van der Waals surface area contributed by atoms with Crippen molar-refractivity contribution < 1.29 is 9.59 Å². The molecule has 0 aliphatic rings. The summed E-state index contributed by atoms with van der Waals surface area (Å²) in [6.45, 7) is 1.14. The number of amides is 2. The summed E-state index contributed by atoms with van der Waals surface area (Å²) in [5.41, 5.74) is 2.90. The van der Waals surface area contributed by atoms with Crippen molar-refractivity contribution in [3.05, 3.63) is 102 Å². The van der Waals surface area contributed by atoms with Crippen LogP contribution in [0.3, 0.4) is 0 Å². The summed E-state index contributed by atoms with van der Waals surface area (Å²) < 4.78 is 0. The molecule has 0 fully saturated rings. The Morgan fingerprint density at radius 1 is 0.586 bits per heavy atom. The van der Waals surface area contributed by atoms with Crippen molar-refractivity contribution in [1.82, 2.24) is 10.6 Å². The molecule has 0 bridgehead atoms. The minimum Gasteiger partial charge on any atom is -0.353 e. The highest BCUT2D eigenvalue weighted by atomic mass is 16.2. The van der Waals surface area contributed by atoms with Crippen LogP contribution in [0, 0.1) is 0 Å². The Morgan fingerprint density at radius 2 is 0.966 bits per heavy atom. The summed E-state index contributed by atoms with van der Waals surface area (Å²) in [4.78, 5) is 26.7. The number of nitrogens with zero attached hydrogens (tertiary/aromatic N) is 1. The number of carbonyl (C=O) groups is 2. The number of para-hydroxylation sites is 1. The zero-order valence-electron chi connectivity index (χ0n) is 16.3. The molecule has 3 rings (SSSR count). The van der Waals surface area contributed by atoms with E-state index in [1.165, 1.54) is 0 Å². The van der Waals surface area contributed by atoms with Gasteiger partial charge in [0, 0.05) is 18.8 Å². The smallest absolute Gasteiger partial charge is 0.239 e. The summed E-state index contributed by atoms with van der Waals surface area (Å²) >= 11 is 0. The molecule has 0 aromatic heterocycles. The molecular weight excluding hydrogens is 362 g/mol. The number of rotatable bonds is 9. The molecule has 29 heavy (non-hydrogen) atoms. The van der Waals surface area contributed by atoms with Gasteiger partial charge in [-0.05, 0) is 23.3 Å². The number of carbonyl (C=O) groups excluding carboxylic acids is 2. The fourth-order valence-corrected chi connectivity index (χ4v) is 2.93. The van der Waals surface area contributed by atoms with Crippen LogP contribution in [0.15, 0.2) is 91.0 Å². The van der Waals surface area contributed by atoms with E-state index in [0.29, 0.717) is 13.1 Å². The van der Waals surface area contributed by atoms with Gasteiger partial charge in [0.25, 0.3) is 0 Å². The minimum atomic E-state index is -0.131. The van der Waals surface area contributed by atoms with Crippen molar-refractivity contribution >= 4 is 17.5 Å². The van der Waals surface area contributed by atoms with Crippen LogP contribution in [0.5, 0.6) is 0 Å². The van der Waals surface area contributed by atoms with Crippen molar-refractivity contribution in [3.8, 4) is 0 Å². The van der Waals surface area contributed by atoms with Gasteiger partial charge in [-0.15, -0.1) is 0 Å². The van der Waals surface area contributed by atoms with Crippen LogP contribution in [0.25, 0.3) is 0 Å². The lowest BCUT2D eigenvalue weighted by Gasteiger charge is -2.23. The first-order valence-electron chi connectivity index (χ1n) is 9.62. The maximum atomic E-state index is 12.5. The number of hydrogen-bond acceptors (Lipinski definition) is 3. The van der Waals surface area contributed by atoms with E-state index in [4.69, 9.17) is 0 Å². The molecule has 0 heterocycles. The lowest BCUT2D eigenvalue weighted by molar-refractivity contribution is -0.120. The van der Waals surface area contributed by atoms with E-state index >= 15 is 0 Å². The largest absolute Gasteiger partial charge is 0.353 e. The Labute approximate surface area is 171 Å². The van der Waals surface area contributed by atoms with Crippen LogP contribution in [0.2, 0.25) is 0 Å². The van der Waals surface area contributed by atoms with Gasteiger partial charge in [-0.3, -0.25) is 9.59 Å². The molecule has 0 spiro atoms. The van der Waals surface area contributed by atoms with Crippen molar-refractivity contribution in [2.45, 2.75) is 13.1 Å². The monoisotopic (exact) mass is 387 g/mol. The maximum absolute atomic E-state index is 12.5. The molecule has 5 heteroatoms. The third-order valence-electron chi connectivity index (χ3n) is 4.46. The first-order chi connectivity index (χ1) is 14.2. The molecular formula is C24H25N3O2. The van der Waals surface area contributed by atoms with Crippen LogP contribution >= 0.6 is 0 Å². The van der Waals surface area contributed by atoms with E-state index < -0.39 is 0 Å². The van der Waals surface area contributed by atoms with Crippen molar-refractivity contribution in [1.29, 1.82) is 0 Å². The molecule has 0 aliphatic heterocycles. The van der Waals surface area contributed by atoms with Gasteiger partial charge >= 0.3 is 0 Å². The first-order valence-corrected chi connectivity index (χ1v) is 9.62. The van der Waals surface area contributed by atoms with Crippen LogP contribution in [0.4, 0.5) is 5.69 Å². The van der Waals surface area contributed by atoms with Gasteiger partial charge in [-0.1, -0.05) is 78.9 Å². The van der Waals surface area contributed by atoms with Gasteiger partial charge in [0.05, 0.1) is 13.1 Å². The Kier molecular flexibility index (Phi) is 7.41. The van der Waals surface area contributed by atoms with Gasteiger partial charge in [-0.25, -0.2) is 0 Å². The standard InChI is InChI=1S/C24H25N3O2/c28-23(25-16-20-10-4-1-5-11-20)18-27(22-14-8-3-9-15-22)19-24(29)26-17-21-12-6-2-7-13-21/h1-15H,16-19H2,(H,25,28)(H,26,29). The third kappa shape index (κ3) is 6.81. The molecule has 0 atom stereocenters. The molecule has 0 radical (unpaired) electrons. The van der Waals surface area contributed by atoms with E-state index in [9.17, 15) is 9.59 Å².